The van der Waals surface area contributed by atoms with Crippen LogP contribution in [0.2, 0.25) is 0 Å². The third kappa shape index (κ3) is 2.43. The van der Waals surface area contributed by atoms with Gasteiger partial charge in [-0.2, -0.15) is 0 Å². The Morgan fingerprint density at radius 2 is 2.04 bits per heavy atom. The Hall–Kier alpha value is -1.89. The second-order valence-corrected chi connectivity index (χ2v) is 7.19. The van der Waals surface area contributed by atoms with Gasteiger partial charge in [0.05, 0.1) is 16.7 Å². The highest BCUT2D eigenvalue weighted by Gasteiger charge is 2.38. The van der Waals surface area contributed by atoms with Crippen LogP contribution in [0.3, 0.4) is 0 Å². The lowest BCUT2D eigenvalue weighted by Gasteiger charge is -2.38. The molecule has 1 aliphatic carbocycles. The smallest absolute Gasteiger partial charge is 0.269 e. The van der Waals surface area contributed by atoms with Gasteiger partial charge in [-0.1, -0.05) is 36.4 Å². The van der Waals surface area contributed by atoms with Gasteiger partial charge in [-0.05, 0) is 52.1 Å². The summed E-state index contributed by atoms with van der Waals surface area (Å²) in [5.74, 6) is 0.785. The van der Waals surface area contributed by atoms with E-state index in [-0.39, 0.29) is 16.7 Å². The molecule has 0 spiro atoms. The number of nitro groups is 1. The molecule has 0 unspecified atom stereocenters. The highest BCUT2D eigenvalue weighted by Crippen LogP contribution is 2.50. The minimum Gasteiger partial charge on any atom is -0.377 e. The van der Waals surface area contributed by atoms with E-state index in [2.05, 4.69) is 58.3 Å². The fourth-order valence-corrected chi connectivity index (χ4v) is 4.42. The van der Waals surface area contributed by atoms with Gasteiger partial charge in [0.1, 0.15) is 0 Å². The van der Waals surface area contributed by atoms with Gasteiger partial charge in [0.2, 0.25) is 0 Å². The standard InChI is InChI=1S/C18H15IN2O2/c19-16-9-3-8-15-13-6-2-7-14(13)17(20-18(15)16)11-4-1-5-12(10-11)21(22)23/h1-6,8-10,13-14,17,20H,7H2/t13-,14+,17+/m1/s1. The van der Waals surface area contributed by atoms with E-state index < -0.39 is 0 Å². The molecule has 116 valence electrons. The highest BCUT2D eigenvalue weighted by molar-refractivity contribution is 14.1. The van der Waals surface area contributed by atoms with Crippen molar-refractivity contribution in [1.82, 2.24) is 0 Å². The average molecular weight is 418 g/mol. The van der Waals surface area contributed by atoms with Crippen molar-refractivity contribution in [2.75, 3.05) is 5.32 Å². The Morgan fingerprint density at radius 1 is 1.22 bits per heavy atom. The first kappa shape index (κ1) is 14.7. The first-order valence-corrected chi connectivity index (χ1v) is 8.69. The Morgan fingerprint density at radius 3 is 2.87 bits per heavy atom. The number of hydrogen-bond acceptors (Lipinski definition) is 3. The SMILES string of the molecule is O=[N+]([O-])c1cccc([C@@H]2Nc3c(I)cccc3[C@@H]3C=CC[C@@H]32)c1. The van der Waals surface area contributed by atoms with Crippen LogP contribution in [0.15, 0.2) is 54.6 Å². The van der Waals surface area contributed by atoms with Crippen molar-refractivity contribution in [3.05, 3.63) is 79.4 Å². The van der Waals surface area contributed by atoms with Gasteiger partial charge in [-0.3, -0.25) is 10.1 Å². The maximum absolute atomic E-state index is 11.1. The summed E-state index contributed by atoms with van der Waals surface area (Å²) in [6.45, 7) is 0. The van der Waals surface area contributed by atoms with Crippen molar-refractivity contribution < 1.29 is 4.92 Å². The van der Waals surface area contributed by atoms with Gasteiger partial charge >= 0.3 is 0 Å². The Bertz CT molecular complexity index is 818. The van der Waals surface area contributed by atoms with Crippen LogP contribution >= 0.6 is 22.6 Å². The fraction of sp³-hybridized carbons (Fsp3) is 0.222. The number of fused-ring (bicyclic) bond motifs is 3. The molecule has 2 aliphatic rings. The molecule has 0 aromatic heterocycles. The van der Waals surface area contributed by atoms with Crippen LogP contribution in [0, 0.1) is 19.6 Å². The van der Waals surface area contributed by atoms with Gasteiger partial charge in [0.25, 0.3) is 5.69 Å². The Labute approximate surface area is 147 Å². The molecule has 4 rings (SSSR count). The number of anilines is 1. The molecule has 1 aliphatic heterocycles. The number of allylic oxidation sites excluding steroid dienone is 2. The van der Waals surface area contributed by atoms with E-state index in [4.69, 9.17) is 0 Å². The number of halogens is 1. The van der Waals surface area contributed by atoms with E-state index in [0.29, 0.717) is 11.8 Å². The molecule has 0 amide bonds. The molecule has 0 fully saturated rings. The molecular weight excluding hydrogens is 403 g/mol. The number of nitrogens with one attached hydrogen (secondary N) is 1. The lowest BCUT2D eigenvalue weighted by atomic mass is 9.77. The number of para-hydroxylation sites is 1. The predicted octanol–water partition coefficient (Wildman–Crippen LogP) is 5.03. The third-order valence-corrected chi connectivity index (χ3v) is 5.68. The quantitative estimate of drug-likeness (QED) is 0.322. The summed E-state index contributed by atoms with van der Waals surface area (Å²) in [4.78, 5) is 10.8. The van der Waals surface area contributed by atoms with Crippen LogP contribution in [-0.4, -0.2) is 4.92 Å². The molecule has 4 nitrogen and oxygen atoms in total. The maximum Gasteiger partial charge on any atom is 0.269 e. The van der Waals surface area contributed by atoms with Crippen molar-refractivity contribution in [2.24, 2.45) is 5.92 Å². The summed E-state index contributed by atoms with van der Waals surface area (Å²) in [7, 11) is 0. The van der Waals surface area contributed by atoms with E-state index in [1.54, 1.807) is 18.2 Å². The molecule has 5 heteroatoms. The van der Waals surface area contributed by atoms with E-state index in [9.17, 15) is 10.1 Å². The molecule has 23 heavy (non-hydrogen) atoms. The number of rotatable bonds is 2. The lowest BCUT2D eigenvalue weighted by molar-refractivity contribution is -0.384. The second kappa shape index (κ2) is 5.63. The number of benzene rings is 2. The van der Waals surface area contributed by atoms with Gasteiger partial charge in [0, 0.05) is 21.6 Å². The topological polar surface area (TPSA) is 55.2 Å². The van der Waals surface area contributed by atoms with Gasteiger partial charge < -0.3 is 5.32 Å². The first-order valence-electron chi connectivity index (χ1n) is 7.61. The fourth-order valence-electron chi connectivity index (χ4n) is 3.75. The summed E-state index contributed by atoms with van der Waals surface area (Å²) in [5.41, 5.74) is 3.64. The number of nitro benzene ring substituents is 1. The molecule has 0 radical (unpaired) electrons. The summed E-state index contributed by atoms with van der Waals surface area (Å²) in [6.07, 6.45) is 5.51. The maximum atomic E-state index is 11.1. The molecule has 2 aromatic rings. The Balaban J connectivity index is 1.80. The largest absolute Gasteiger partial charge is 0.377 e. The molecule has 1 N–H and O–H groups in total. The van der Waals surface area contributed by atoms with Gasteiger partial charge in [-0.15, -0.1) is 0 Å². The number of nitrogens with zero attached hydrogens (tertiary/aromatic N) is 1. The van der Waals surface area contributed by atoms with Crippen LogP contribution in [0.1, 0.15) is 29.5 Å². The molecular formula is C18H15IN2O2. The molecule has 1 heterocycles. The van der Waals surface area contributed by atoms with Crippen molar-refractivity contribution in [1.29, 1.82) is 0 Å². The zero-order chi connectivity index (χ0) is 16.0. The van der Waals surface area contributed by atoms with Crippen LogP contribution < -0.4 is 5.32 Å². The van der Waals surface area contributed by atoms with Crippen molar-refractivity contribution in [3.8, 4) is 0 Å². The summed E-state index contributed by atoms with van der Waals surface area (Å²) in [5, 5.41) is 14.7. The first-order chi connectivity index (χ1) is 11.1. The van der Waals surface area contributed by atoms with E-state index in [0.717, 1.165) is 17.7 Å². The van der Waals surface area contributed by atoms with Crippen LogP contribution in [0.25, 0.3) is 0 Å². The lowest BCUT2D eigenvalue weighted by Crippen LogP contribution is -2.29. The Kier molecular flexibility index (Phi) is 3.60. The average Bonchev–Trinajstić information content (AvgIpc) is 3.04. The minimum atomic E-state index is -0.325. The van der Waals surface area contributed by atoms with Crippen LogP contribution in [0.5, 0.6) is 0 Å². The van der Waals surface area contributed by atoms with Crippen molar-refractivity contribution in [3.63, 3.8) is 0 Å². The summed E-state index contributed by atoms with van der Waals surface area (Å²) >= 11 is 2.35. The summed E-state index contributed by atoms with van der Waals surface area (Å²) < 4.78 is 1.19. The molecule has 0 saturated carbocycles. The highest BCUT2D eigenvalue weighted by atomic mass is 127. The third-order valence-electron chi connectivity index (χ3n) is 4.79. The number of hydrogen-bond donors (Lipinski definition) is 1. The molecule has 3 atom stereocenters. The molecule has 2 aromatic carbocycles. The van der Waals surface area contributed by atoms with E-state index >= 15 is 0 Å². The van der Waals surface area contributed by atoms with Crippen LogP contribution in [-0.2, 0) is 0 Å². The van der Waals surface area contributed by atoms with Crippen molar-refractivity contribution >= 4 is 34.0 Å². The summed E-state index contributed by atoms with van der Waals surface area (Å²) in [6, 6.07) is 13.5. The van der Waals surface area contributed by atoms with Crippen LogP contribution in [0.4, 0.5) is 11.4 Å². The van der Waals surface area contributed by atoms with E-state index in [1.165, 1.54) is 9.13 Å². The zero-order valence-corrected chi connectivity index (χ0v) is 14.4. The predicted molar refractivity (Wildman–Crippen MR) is 98.6 cm³/mol. The zero-order valence-electron chi connectivity index (χ0n) is 12.3. The van der Waals surface area contributed by atoms with Crippen molar-refractivity contribution in [2.45, 2.75) is 18.4 Å². The molecule has 0 saturated heterocycles. The number of non-ortho nitro benzene ring substituents is 1. The van der Waals surface area contributed by atoms with Gasteiger partial charge in [-0.25, -0.2) is 0 Å². The normalized spacial score (nSPS) is 24.7. The minimum absolute atomic E-state index is 0.0957. The monoisotopic (exact) mass is 418 g/mol. The van der Waals surface area contributed by atoms with E-state index in [1.807, 2.05) is 6.07 Å². The molecule has 0 bridgehead atoms. The second-order valence-electron chi connectivity index (χ2n) is 6.03. The van der Waals surface area contributed by atoms with Gasteiger partial charge in [0.15, 0.2) is 0 Å².